The van der Waals surface area contributed by atoms with Crippen LogP contribution in [0, 0.1) is 27.7 Å². The number of hydrogen-bond acceptors (Lipinski definition) is 4. The van der Waals surface area contributed by atoms with Gasteiger partial charge in [0, 0.05) is 11.1 Å². The molecule has 126 valence electrons. The Bertz CT molecular complexity index is 703. The van der Waals surface area contributed by atoms with Crippen LogP contribution in [0.4, 0.5) is 0 Å². The van der Waals surface area contributed by atoms with E-state index in [1.165, 1.54) is 0 Å². The molecule has 4 nitrogen and oxygen atoms in total. The van der Waals surface area contributed by atoms with Crippen LogP contribution in [-0.2, 0) is 0 Å². The monoisotopic (exact) mass is 326 g/mol. The number of rotatable bonds is 5. The second kappa shape index (κ2) is 6.87. The Labute approximate surface area is 142 Å². The third-order valence-corrected chi connectivity index (χ3v) is 4.14. The summed E-state index contributed by atoms with van der Waals surface area (Å²) >= 11 is 0. The third-order valence-electron chi connectivity index (χ3n) is 4.14. The van der Waals surface area contributed by atoms with Crippen molar-refractivity contribution in [1.29, 1.82) is 0 Å². The number of ether oxygens (including phenoxy) is 2. The van der Waals surface area contributed by atoms with Crippen molar-refractivity contribution >= 4 is 11.6 Å². The predicted molar refractivity (Wildman–Crippen MR) is 93.6 cm³/mol. The Morgan fingerprint density at radius 1 is 0.625 bits per heavy atom. The lowest BCUT2D eigenvalue weighted by Gasteiger charge is -2.14. The normalized spacial score (nSPS) is 10.4. The molecule has 2 rings (SSSR count). The van der Waals surface area contributed by atoms with Crippen LogP contribution < -0.4 is 9.47 Å². The lowest BCUT2D eigenvalue weighted by Crippen LogP contribution is -2.19. The summed E-state index contributed by atoms with van der Waals surface area (Å²) in [5, 5.41) is 0. The first-order valence-electron chi connectivity index (χ1n) is 7.69. The molecule has 0 amide bonds. The van der Waals surface area contributed by atoms with Crippen LogP contribution >= 0.6 is 0 Å². The van der Waals surface area contributed by atoms with Crippen molar-refractivity contribution in [3.63, 3.8) is 0 Å². The summed E-state index contributed by atoms with van der Waals surface area (Å²) in [7, 11) is 3.15. The van der Waals surface area contributed by atoms with E-state index in [1.807, 2.05) is 27.7 Å². The van der Waals surface area contributed by atoms with Gasteiger partial charge in [-0.15, -0.1) is 0 Å². The molecular formula is C20H22O4. The highest BCUT2D eigenvalue weighted by Crippen LogP contribution is 2.26. The smallest absolute Gasteiger partial charge is 0.234 e. The van der Waals surface area contributed by atoms with Gasteiger partial charge in [0.15, 0.2) is 0 Å². The Morgan fingerprint density at radius 2 is 0.875 bits per heavy atom. The van der Waals surface area contributed by atoms with Crippen LogP contribution in [0.25, 0.3) is 0 Å². The fourth-order valence-corrected chi connectivity index (χ4v) is 3.03. The fourth-order valence-electron chi connectivity index (χ4n) is 3.03. The first-order valence-corrected chi connectivity index (χ1v) is 7.69. The molecule has 0 aliphatic rings. The van der Waals surface area contributed by atoms with Crippen molar-refractivity contribution in [2.24, 2.45) is 0 Å². The number of carbonyl (C=O) groups is 2. The molecule has 0 heterocycles. The fraction of sp³-hybridized carbons (Fsp3) is 0.300. The minimum Gasteiger partial charge on any atom is -0.497 e. The van der Waals surface area contributed by atoms with E-state index in [4.69, 9.17) is 9.47 Å². The standard InChI is InChI=1S/C20H22O4/c1-11-7-15(23-5)8-12(2)17(11)19(21)20(22)18-13(3)9-16(24-6)10-14(18)4/h7-10H,1-6H3. The van der Waals surface area contributed by atoms with Gasteiger partial charge in [-0.1, -0.05) is 0 Å². The quantitative estimate of drug-likeness (QED) is 0.615. The van der Waals surface area contributed by atoms with Crippen molar-refractivity contribution in [3.8, 4) is 11.5 Å². The van der Waals surface area contributed by atoms with E-state index in [2.05, 4.69) is 0 Å². The van der Waals surface area contributed by atoms with Crippen LogP contribution in [0.2, 0.25) is 0 Å². The lowest BCUT2D eigenvalue weighted by molar-refractivity contribution is 0.0815. The van der Waals surface area contributed by atoms with E-state index in [1.54, 1.807) is 38.5 Å². The maximum atomic E-state index is 12.8. The Morgan fingerprint density at radius 3 is 1.08 bits per heavy atom. The van der Waals surface area contributed by atoms with Crippen molar-refractivity contribution < 1.29 is 19.1 Å². The molecule has 24 heavy (non-hydrogen) atoms. The van der Waals surface area contributed by atoms with Gasteiger partial charge < -0.3 is 9.47 Å². The first kappa shape index (κ1) is 17.7. The topological polar surface area (TPSA) is 52.6 Å². The Kier molecular flexibility index (Phi) is 5.07. The zero-order chi connectivity index (χ0) is 18.0. The number of ketones is 2. The van der Waals surface area contributed by atoms with Gasteiger partial charge in [0.05, 0.1) is 14.2 Å². The number of Topliss-reactive ketones (excluding diaryl/α,β-unsaturated/α-hetero) is 2. The van der Waals surface area contributed by atoms with Crippen LogP contribution in [0.3, 0.4) is 0 Å². The summed E-state index contributed by atoms with van der Waals surface area (Å²) in [6.45, 7) is 7.24. The van der Waals surface area contributed by atoms with Crippen molar-refractivity contribution in [1.82, 2.24) is 0 Å². The molecule has 4 heteroatoms. The zero-order valence-electron chi connectivity index (χ0n) is 14.9. The molecule has 0 saturated heterocycles. The predicted octanol–water partition coefficient (Wildman–Crippen LogP) is 4.00. The molecule has 0 aliphatic carbocycles. The SMILES string of the molecule is COc1cc(C)c(C(=O)C(=O)c2c(C)cc(OC)cc2C)c(C)c1. The molecule has 0 radical (unpaired) electrons. The number of carbonyl (C=O) groups excluding carboxylic acids is 2. The highest BCUT2D eigenvalue weighted by molar-refractivity contribution is 6.50. The third kappa shape index (κ3) is 3.18. The van der Waals surface area contributed by atoms with Gasteiger partial charge >= 0.3 is 0 Å². The van der Waals surface area contributed by atoms with E-state index in [0.29, 0.717) is 22.6 Å². The maximum absolute atomic E-state index is 12.8. The van der Waals surface area contributed by atoms with Crippen molar-refractivity contribution in [2.75, 3.05) is 14.2 Å². The number of benzene rings is 2. The van der Waals surface area contributed by atoms with Crippen molar-refractivity contribution in [2.45, 2.75) is 27.7 Å². The van der Waals surface area contributed by atoms with E-state index in [9.17, 15) is 9.59 Å². The molecule has 0 fully saturated rings. The molecule has 0 aliphatic heterocycles. The molecular weight excluding hydrogens is 304 g/mol. The number of methoxy groups -OCH3 is 2. The minimum atomic E-state index is -0.496. The molecule has 2 aromatic carbocycles. The molecule has 0 N–H and O–H groups in total. The Hall–Kier alpha value is -2.62. The average molecular weight is 326 g/mol. The van der Waals surface area contributed by atoms with Gasteiger partial charge in [-0.05, 0) is 74.2 Å². The molecule has 2 aromatic rings. The van der Waals surface area contributed by atoms with E-state index in [-0.39, 0.29) is 0 Å². The van der Waals surface area contributed by atoms with E-state index >= 15 is 0 Å². The van der Waals surface area contributed by atoms with Gasteiger partial charge in [0.25, 0.3) is 0 Å². The summed E-state index contributed by atoms with van der Waals surface area (Å²) in [4.78, 5) is 25.6. The van der Waals surface area contributed by atoms with Crippen LogP contribution in [-0.4, -0.2) is 25.8 Å². The summed E-state index contributed by atoms with van der Waals surface area (Å²) in [5.74, 6) is 0.352. The second-order valence-corrected chi connectivity index (χ2v) is 5.93. The van der Waals surface area contributed by atoms with Crippen LogP contribution in [0.5, 0.6) is 11.5 Å². The minimum absolute atomic E-state index is 0.440. The molecule has 0 unspecified atom stereocenters. The second-order valence-electron chi connectivity index (χ2n) is 5.93. The van der Waals surface area contributed by atoms with Gasteiger partial charge in [0.1, 0.15) is 11.5 Å². The van der Waals surface area contributed by atoms with Crippen molar-refractivity contribution in [3.05, 3.63) is 57.6 Å². The van der Waals surface area contributed by atoms with Gasteiger partial charge in [0.2, 0.25) is 11.6 Å². The maximum Gasteiger partial charge on any atom is 0.234 e. The highest BCUT2D eigenvalue weighted by Gasteiger charge is 2.25. The highest BCUT2D eigenvalue weighted by atomic mass is 16.5. The average Bonchev–Trinajstić information content (AvgIpc) is 2.52. The summed E-state index contributed by atoms with van der Waals surface area (Å²) < 4.78 is 10.4. The molecule has 0 bridgehead atoms. The van der Waals surface area contributed by atoms with Crippen LogP contribution in [0.15, 0.2) is 24.3 Å². The summed E-state index contributed by atoms with van der Waals surface area (Å²) in [5.41, 5.74) is 3.80. The first-order chi connectivity index (χ1) is 11.3. The molecule has 0 aromatic heterocycles. The molecule has 0 spiro atoms. The van der Waals surface area contributed by atoms with E-state index < -0.39 is 11.6 Å². The van der Waals surface area contributed by atoms with Gasteiger partial charge in [-0.3, -0.25) is 9.59 Å². The summed E-state index contributed by atoms with van der Waals surface area (Å²) in [6, 6.07) is 7.06. The number of aryl methyl sites for hydroxylation is 4. The largest absolute Gasteiger partial charge is 0.497 e. The van der Waals surface area contributed by atoms with Crippen LogP contribution in [0.1, 0.15) is 43.0 Å². The van der Waals surface area contributed by atoms with E-state index in [0.717, 1.165) is 22.3 Å². The number of hydrogen-bond donors (Lipinski definition) is 0. The zero-order valence-corrected chi connectivity index (χ0v) is 14.9. The van der Waals surface area contributed by atoms with Gasteiger partial charge in [-0.2, -0.15) is 0 Å². The Balaban J connectivity index is 2.50. The molecule has 0 saturated carbocycles. The van der Waals surface area contributed by atoms with Gasteiger partial charge in [-0.25, -0.2) is 0 Å². The summed E-state index contributed by atoms with van der Waals surface area (Å²) in [6.07, 6.45) is 0. The molecule has 0 atom stereocenters. The lowest BCUT2D eigenvalue weighted by atomic mass is 9.90.